The van der Waals surface area contributed by atoms with Gasteiger partial charge in [0.05, 0.1) is 29.8 Å². The van der Waals surface area contributed by atoms with Gasteiger partial charge in [0.25, 0.3) is 0 Å². The molecule has 2 N–H and O–H groups in total. The van der Waals surface area contributed by atoms with Crippen molar-refractivity contribution in [3.05, 3.63) is 46.4 Å². The van der Waals surface area contributed by atoms with Crippen LogP contribution < -0.4 is 14.8 Å². The zero-order chi connectivity index (χ0) is 18.5. The number of amides is 1. The van der Waals surface area contributed by atoms with E-state index in [1.807, 2.05) is 18.2 Å². The van der Waals surface area contributed by atoms with Crippen molar-refractivity contribution in [2.45, 2.75) is 38.2 Å². The minimum atomic E-state index is -0.213. The summed E-state index contributed by atoms with van der Waals surface area (Å²) in [6.45, 7) is 0. The number of hydrogen-bond acceptors (Lipinski definition) is 4. The Morgan fingerprint density at radius 1 is 1.23 bits per heavy atom. The van der Waals surface area contributed by atoms with E-state index >= 15 is 0 Å². The standard InChI is InChI=1S/C20H22BrNO4/c1-25-17-10-9-13(11-18(17)26-14-5-2-3-6-14)12-19(23)22-16-8-4-7-15(21)20(16)24/h4,7-11,14,24H,2-3,5-6,12H2,1H3,(H,22,23). The number of carbonyl (C=O) groups excluding carboxylic acids is 1. The van der Waals surface area contributed by atoms with Gasteiger partial charge < -0.3 is 19.9 Å². The number of aromatic hydroxyl groups is 1. The maximum atomic E-state index is 12.3. The van der Waals surface area contributed by atoms with E-state index in [0.29, 0.717) is 21.7 Å². The van der Waals surface area contributed by atoms with E-state index in [1.54, 1.807) is 25.3 Å². The maximum Gasteiger partial charge on any atom is 0.228 e. The summed E-state index contributed by atoms with van der Waals surface area (Å²) in [4.78, 5) is 12.3. The van der Waals surface area contributed by atoms with Crippen LogP contribution in [0.1, 0.15) is 31.2 Å². The fourth-order valence-electron chi connectivity index (χ4n) is 3.10. The van der Waals surface area contributed by atoms with Crippen molar-refractivity contribution in [2.24, 2.45) is 0 Å². The Morgan fingerprint density at radius 3 is 2.73 bits per heavy atom. The summed E-state index contributed by atoms with van der Waals surface area (Å²) < 4.78 is 12.0. The SMILES string of the molecule is COc1ccc(CC(=O)Nc2cccc(Br)c2O)cc1OC1CCCC1. The third-order valence-electron chi connectivity index (χ3n) is 4.45. The van der Waals surface area contributed by atoms with E-state index in [-0.39, 0.29) is 24.2 Å². The number of phenolic OH excluding ortho intramolecular Hbond substituents is 1. The Morgan fingerprint density at radius 2 is 2.00 bits per heavy atom. The van der Waals surface area contributed by atoms with Crippen LogP contribution in [0.3, 0.4) is 0 Å². The second-order valence-corrected chi connectivity index (χ2v) is 7.22. The molecule has 0 bridgehead atoms. The lowest BCUT2D eigenvalue weighted by molar-refractivity contribution is -0.115. The number of halogens is 1. The number of anilines is 1. The average molecular weight is 420 g/mol. The molecule has 2 aromatic rings. The largest absolute Gasteiger partial charge is 0.505 e. The zero-order valence-corrected chi connectivity index (χ0v) is 16.2. The molecule has 2 aromatic carbocycles. The molecule has 0 heterocycles. The summed E-state index contributed by atoms with van der Waals surface area (Å²) in [7, 11) is 1.61. The van der Waals surface area contributed by atoms with Crippen LogP contribution in [-0.2, 0) is 11.2 Å². The second-order valence-electron chi connectivity index (χ2n) is 6.37. The van der Waals surface area contributed by atoms with Gasteiger partial charge in [0.15, 0.2) is 17.2 Å². The van der Waals surface area contributed by atoms with E-state index in [1.165, 1.54) is 12.8 Å². The van der Waals surface area contributed by atoms with Crippen molar-refractivity contribution in [1.29, 1.82) is 0 Å². The zero-order valence-electron chi connectivity index (χ0n) is 14.6. The summed E-state index contributed by atoms with van der Waals surface area (Å²) >= 11 is 3.24. The molecular formula is C20H22BrNO4. The molecule has 0 aliphatic heterocycles. The lowest BCUT2D eigenvalue weighted by atomic mass is 10.1. The molecule has 1 aliphatic carbocycles. The van der Waals surface area contributed by atoms with Crippen molar-refractivity contribution < 1.29 is 19.4 Å². The molecule has 0 saturated heterocycles. The van der Waals surface area contributed by atoms with Gasteiger partial charge in [-0.2, -0.15) is 0 Å². The average Bonchev–Trinajstić information content (AvgIpc) is 3.12. The third-order valence-corrected chi connectivity index (χ3v) is 5.09. The quantitative estimate of drug-likeness (QED) is 0.667. The van der Waals surface area contributed by atoms with Crippen LogP contribution >= 0.6 is 15.9 Å². The molecular weight excluding hydrogens is 398 g/mol. The monoisotopic (exact) mass is 419 g/mol. The topological polar surface area (TPSA) is 67.8 Å². The van der Waals surface area contributed by atoms with Crippen molar-refractivity contribution >= 4 is 27.5 Å². The van der Waals surface area contributed by atoms with Crippen molar-refractivity contribution in [3.8, 4) is 17.2 Å². The molecule has 0 atom stereocenters. The molecule has 1 fully saturated rings. The van der Waals surface area contributed by atoms with Gasteiger partial charge in [0.2, 0.25) is 5.91 Å². The summed E-state index contributed by atoms with van der Waals surface area (Å²) in [5.41, 5.74) is 1.20. The number of rotatable bonds is 6. The molecule has 1 aliphatic rings. The second kappa shape index (κ2) is 8.45. The van der Waals surface area contributed by atoms with Crippen molar-refractivity contribution in [3.63, 3.8) is 0 Å². The number of hydrogen-bond donors (Lipinski definition) is 2. The smallest absolute Gasteiger partial charge is 0.228 e. The number of methoxy groups -OCH3 is 1. The maximum absolute atomic E-state index is 12.3. The number of ether oxygens (including phenoxy) is 2. The van der Waals surface area contributed by atoms with E-state index in [9.17, 15) is 9.90 Å². The highest BCUT2D eigenvalue weighted by Crippen LogP contribution is 2.33. The highest BCUT2D eigenvalue weighted by molar-refractivity contribution is 9.10. The van der Waals surface area contributed by atoms with Crippen molar-refractivity contribution in [1.82, 2.24) is 0 Å². The number of nitrogens with one attached hydrogen (secondary N) is 1. The van der Waals surface area contributed by atoms with Gasteiger partial charge in [0.1, 0.15) is 0 Å². The Hall–Kier alpha value is -2.21. The molecule has 0 spiro atoms. The van der Waals surface area contributed by atoms with Gasteiger partial charge in [-0.1, -0.05) is 12.1 Å². The summed E-state index contributed by atoms with van der Waals surface area (Å²) in [6, 6.07) is 10.6. The molecule has 3 rings (SSSR count). The summed E-state index contributed by atoms with van der Waals surface area (Å²) in [5.74, 6) is 1.15. The first-order valence-electron chi connectivity index (χ1n) is 8.67. The lowest BCUT2D eigenvalue weighted by Gasteiger charge is -2.17. The van der Waals surface area contributed by atoms with E-state index in [4.69, 9.17) is 9.47 Å². The van der Waals surface area contributed by atoms with Crippen LogP contribution in [0.25, 0.3) is 0 Å². The Bertz CT molecular complexity index is 787. The predicted molar refractivity (Wildman–Crippen MR) is 104 cm³/mol. The first kappa shape index (κ1) is 18.6. The molecule has 1 amide bonds. The van der Waals surface area contributed by atoms with Crippen molar-refractivity contribution in [2.75, 3.05) is 12.4 Å². The first-order valence-corrected chi connectivity index (χ1v) is 9.47. The van der Waals surface area contributed by atoms with Gasteiger partial charge in [-0.15, -0.1) is 0 Å². The Labute approximate surface area is 161 Å². The van der Waals surface area contributed by atoms with Gasteiger partial charge in [-0.3, -0.25) is 4.79 Å². The number of carbonyl (C=O) groups is 1. The normalized spacial score (nSPS) is 14.2. The van der Waals surface area contributed by atoms with Crippen LogP contribution in [0.2, 0.25) is 0 Å². The van der Waals surface area contributed by atoms with Gasteiger partial charge in [0, 0.05) is 0 Å². The molecule has 6 heteroatoms. The Kier molecular flexibility index (Phi) is 6.04. The van der Waals surface area contributed by atoms with Gasteiger partial charge in [-0.05, 0) is 71.4 Å². The molecule has 138 valence electrons. The fourth-order valence-corrected chi connectivity index (χ4v) is 3.47. The molecule has 0 unspecified atom stereocenters. The van der Waals surface area contributed by atoms with Gasteiger partial charge in [-0.25, -0.2) is 0 Å². The lowest BCUT2D eigenvalue weighted by Crippen LogP contribution is -2.15. The Balaban J connectivity index is 1.70. The predicted octanol–water partition coefficient (Wildman–Crippen LogP) is 4.67. The van der Waals surface area contributed by atoms with Gasteiger partial charge >= 0.3 is 0 Å². The van der Waals surface area contributed by atoms with Crippen LogP contribution in [-0.4, -0.2) is 24.2 Å². The first-order chi connectivity index (χ1) is 12.6. The number of para-hydroxylation sites is 1. The molecule has 0 radical (unpaired) electrons. The van der Waals surface area contributed by atoms with E-state index in [2.05, 4.69) is 21.2 Å². The number of benzene rings is 2. The summed E-state index contributed by atoms with van der Waals surface area (Å²) in [6.07, 6.45) is 4.87. The summed E-state index contributed by atoms with van der Waals surface area (Å²) in [5, 5.41) is 12.7. The molecule has 0 aromatic heterocycles. The van der Waals surface area contributed by atoms with Crippen LogP contribution in [0, 0.1) is 0 Å². The molecule has 5 nitrogen and oxygen atoms in total. The van der Waals surface area contributed by atoms with Crippen LogP contribution in [0.15, 0.2) is 40.9 Å². The molecule has 1 saturated carbocycles. The minimum absolute atomic E-state index is 0.0147. The third kappa shape index (κ3) is 4.49. The highest BCUT2D eigenvalue weighted by Gasteiger charge is 2.19. The highest BCUT2D eigenvalue weighted by atomic mass is 79.9. The van der Waals surface area contributed by atoms with Crippen LogP contribution in [0.4, 0.5) is 5.69 Å². The van der Waals surface area contributed by atoms with E-state index < -0.39 is 0 Å². The van der Waals surface area contributed by atoms with Crippen LogP contribution in [0.5, 0.6) is 17.2 Å². The number of phenols is 1. The molecule has 26 heavy (non-hydrogen) atoms. The van der Waals surface area contributed by atoms with E-state index in [0.717, 1.165) is 18.4 Å². The fraction of sp³-hybridized carbons (Fsp3) is 0.350. The minimum Gasteiger partial charge on any atom is -0.505 e.